The average Bonchev–Trinajstić information content (AvgIpc) is 2.31. The molecular weight excluding hydrogens is 198 g/mol. The number of aromatic carboxylic acids is 1. The van der Waals surface area contributed by atoms with Crippen LogP contribution in [-0.4, -0.2) is 30.7 Å². The van der Waals surface area contributed by atoms with Crippen LogP contribution in [0, 0.1) is 0 Å². The summed E-state index contributed by atoms with van der Waals surface area (Å²) in [5.74, 6) is -2.13. The third kappa shape index (κ3) is 2.86. The number of carboxylic acid groups (broad SMARTS) is 1. The van der Waals surface area contributed by atoms with E-state index in [0.717, 1.165) is 12.5 Å². The fourth-order valence-electron chi connectivity index (χ4n) is 0.700. The Labute approximate surface area is 74.1 Å². The quantitative estimate of drug-likeness (QED) is 0.741. The van der Waals surface area contributed by atoms with Gasteiger partial charge in [-0.15, -0.1) is 0 Å². The van der Waals surface area contributed by atoms with E-state index in [1.165, 1.54) is 0 Å². The number of carbonyl (C=O) groups is 1. The van der Waals surface area contributed by atoms with Crippen molar-refractivity contribution in [2.24, 2.45) is 0 Å². The number of aromatic nitrogens is 1. The number of sulfone groups is 1. The van der Waals surface area contributed by atoms with Crippen LogP contribution in [0.15, 0.2) is 10.6 Å². The Hall–Kier alpha value is -1.37. The molecule has 0 aliphatic heterocycles. The maximum absolute atomic E-state index is 10.7. The molecule has 1 aromatic rings. The molecule has 0 fully saturated rings. The minimum Gasteiger partial charge on any atom is -0.475 e. The van der Waals surface area contributed by atoms with Gasteiger partial charge in [-0.25, -0.2) is 18.2 Å². The lowest BCUT2D eigenvalue weighted by Gasteiger charge is -1.90. The number of nitrogens with zero attached hydrogens (tertiary/aromatic N) is 1. The third-order valence-electron chi connectivity index (χ3n) is 1.15. The standard InChI is InChI=1S/C6H7NO5S/c1-13(10,11)3-5-7-2-4(12-5)6(8)9/h2H,3H2,1H3,(H,8,9). The van der Waals surface area contributed by atoms with Crippen LogP contribution in [0.1, 0.15) is 16.4 Å². The van der Waals surface area contributed by atoms with Gasteiger partial charge in [-0.2, -0.15) is 0 Å². The van der Waals surface area contributed by atoms with Crippen molar-refractivity contribution in [3.05, 3.63) is 17.8 Å². The predicted molar refractivity (Wildman–Crippen MR) is 42.0 cm³/mol. The Kier molecular flexibility index (Phi) is 2.37. The molecule has 1 aromatic heterocycles. The van der Waals surface area contributed by atoms with E-state index in [4.69, 9.17) is 5.11 Å². The van der Waals surface area contributed by atoms with Crippen molar-refractivity contribution in [3.8, 4) is 0 Å². The molecule has 1 heterocycles. The number of rotatable bonds is 3. The van der Waals surface area contributed by atoms with Crippen molar-refractivity contribution < 1.29 is 22.7 Å². The molecule has 0 aliphatic carbocycles. The molecule has 7 heteroatoms. The fraction of sp³-hybridized carbons (Fsp3) is 0.333. The summed E-state index contributed by atoms with van der Waals surface area (Å²) >= 11 is 0. The zero-order chi connectivity index (χ0) is 10.1. The third-order valence-corrected chi connectivity index (χ3v) is 1.92. The summed E-state index contributed by atoms with van der Waals surface area (Å²) in [6.07, 6.45) is 1.99. The average molecular weight is 205 g/mol. The molecule has 0 radical (unpaired) electrons. The summed E-state index contributed by atoms with van der Waals surface area (Å²) in [5.41, 5.74) is 0. The van der Waals surface area contributed by atoms with E-state index < -0.39 is 15.8 Å². The molecular formula is C6H7NO5S. The maximum Gasteiger partial charge on any atom is 0.373 e. The van der Waals surface area contributed by atoms with Gasteiger partial charge in [-0.05, 0) is 0 Å². The van der Waals surface area contributed by atoms with Gasteiger partial charge in [0, 0.05) is 6.26 Å². The van der Waals surface area contributed by atoms with Gasteiger partial charge < -0.3 is 9.52 Å². The van der Waals surface area contributed by atoms with Crippen LogP contribution in [-0.2, 0) is 15.6 Å². The molecule has 0 unspecified atom stereocenters. The van der Waals surface area contributed by atoms with Gasteiger partial charge in [0.2, 0.25) is 11.7 Å². The van der Waals surface area contributed by atoms with Crippen molar-refractivity contribution in [2.45, 2.75) is 5.75 Å². The predicted octanol–water partition coefficient (Wildman–Crippen LogP) is -0.0826. The molecule has 0 saturated heterocycles. The molecule has 0 aromatic carbocycles. The smallest absolute Gasteiger partial charge is 0.373 e. The van der Waals surface area contributed by atoms with E-state index in [9.17, 15) is 13.2 Å². The topological polar surface area (TPSA) is 97.5 Å². The zero-order valence-electron chi connectivity index (χ0n) is 6.72. The van der Waals surface area contributed by atoms with Gasteiger partial charge in [0.1, 0.15) is 5.75 Å². The minimum absolute atomic E-state index is 0.111. The number of hydrogen-bond acceptors (Lipinski definition) is 5. The molecule has 0 spiro atoms. The van der Waals surface area contributed by atoms with Crippen molar-refractivity contribution >= 4 is 15.8 Å². The van der Waals surface area contributed by atoms with Crippen LogP contribution in [0.3, 0.4) is 0 Å². The molecule has 0 atom stereocenters. The Morgan fingerprint density at radius 3 is 2.69 bits per heavy atom. The van der Waals surface area contributed by atoms with Crippen molar-refractivity contribution in [2.75, 3.05) is 6.26 Å². The van der Waals surface area contributed by atoms with E-state index in [2.05, 4.69) is 9.40 Å². The normalized spacial score (nSPS) is 11.5. The first-order valence-electron chi connectivity index (χ1n) is 3.24. The molecule has 13 heavy (non-hydrogen) atoms. The molecule has 6 nitrogen and oxygen atoms in total. The van der Waals surface area contributed by atoms with Crippen LogP contribution in [0.4, 0.5) is 0 Å². The molecule has 72 valence electrons. The lowest BCUT2D eigenvalue weighted by molar-refractivity contribution is 0.0660. The van der Waals surface area contributed by atoms with E-state index in [1.54, 1.807) is 0 Å². The van der Waals surface area contributed by atoms with Gasteiger partial charge in [0.25, 0.3) is 0 Å². The first kappa shape index (κ1) is 9.72. The highest BCUT2D eigenvalue weighted by Gasteiger charge is 2.14. The van der Waals surface area contributed by atoms with Crippen molar-refractivity contribution in [1.29, 1.82) is 0 Å². The largest absolute Gasteiger partial charge is 0.475 e. The summed E-state index contributed by atoms with van der Waals surface area (Å²) in [7, 11) is -3.24. The Morgan fingerprint density at radius 2 is 2.31 bits per heavy atom. The second-order valence-electron chi connectivity index (χ2n) is 2.49. The highest BCUT2D eigenvalue weighted by atomic mass is 32.2. The van der Waals surface area contributed by atoms with Crippen LogP contribution in [0.2, 0.25) is 0 Å². The van der Waals surface area contributed by atoms with Crippen LogP contribution >= 0.6 is 0 Å². The summed E-state index contributed by atoms with van der Waals surface area (Å²) in [6.45, 7) is 0. The lowest BCUT2D eigenvalue weighted by atomic mass is 10.5. The number of hydrogen-bond donors (Lipinski definition) is 1. The van der Waals surface area contributed by atoms with E-state index in [-0.39, 0.29) is 17.4 Å². The second kappa shape index (κ2) is 3.17. The van der Waals surface area contributed by atoms with Crippen molar-refractivity contribution in [1.82, 2.24) is 4.98 Å². The molecule has 0 aliphatic rings. The Bertz CT molecular complexity index is 418. The van der Waals surface area contributed by atoms with Gasteiger partial charge >= 0.3 is 5.97 Å². The first-order valence-corrected chi connectivity index (χ1v) is 5.30. The molecule has 0 bridgehead atoms. The van der Waals surface area contributed by atoms with Gasteiger partial charge in [-0.1, -0.05) is 0 Å². The maximum atomic E-state index is 10.7. The van der Waals surface area contributed by atoms with Gasteiger partial charge in [0.05, 0.1) is 6.20 Å². The minimum atomic E-state index is -3.24. The SMILES string of the molecule is CS(=O)(=O)Cc1ncc(C(=O)O)o1. The number of oxazole rings is 1. The van der Waals surface area contributed by atoms with E-state index in [0.29, 0.717) is 0 Å². The van der Waals surface area contributed by atoms with Crippen LogP contribution in [0.5, 0.6) is 0 Å². The van der Waals surface area contributed by atoms with Gasteiger partial charge in [0.15, 0.2) is 9.84 Å². The summed E-state index contributed by atoms with van der Waals surface area (Å²) in [6, 6.07) is 0. The highest BCUT2D eigenvalue weighted by Crippen LogP contribution is 2.06. The Balaban J connectivity index is 2.87. The monoisotopic (exact) mass is 205 g/mol. The summed E-state index contributed by atoms with van der Waals surface area (Å²) in [5, 5.41) is 8.41. The lowest BCUT2D eigenvalue weighted by Crippen LogP contribution is -2.00. The highest BCUT2D eigenvalue weighted by molar-refractivity contribution is 7.89. The number of carboxylic acids is 1. The molecule has 1 N–H and O–H groups in total. The zero-order valence-corrected chi connectivity index (χ0v) is 7.54. The van der Waals surface area contributed by atoms with Crippen molar-refractivity contribution in [3.63, 3.8) is 0 Å². The molecule has 0 saturated carbocycles. The van der Waals surface area contributed by atoms with E-state index >= 15 is 0 Å². The summed E-state index contributed by atoms with van der Waals surface area (Å²) in [4.78, 5) is 13.8. The van der Waals surface area contributed by atoms with E-state index in [1.807, 2.05) is 0 Å². The van der Waals surface area contributed by atoms with Gasteiger partial charge in [-0.3, -0.25) is 0 Å². The Morgan fingerprint density at radius 1 is 1.69 bits per heavy atom. The van der Waals surface area contributed by atoms with Crippen LogP contribution < -0.4 is 0 Å². The first-order chi connectivity index (χ1) is 5.88. The molecule has 1 rings (SSSR count). The van der Waals surface area contributed by atoms with Crippen LogP contribution in [0.25, 0.3) is 0 Å². The fourth-order valence-corrected chi connectivity index (χ4v) is 1.28. The second-order valence-corrected chi connectivity index (χ2v) is 4.63. The summed E-state index contributed by atoms with van der Waals surface area (Å²) < 4.78 is 26.1. The molecule has 0 amide bonds.